The zero-order valence-corrected chi connectivity index (χ0v) is 16.0. The van der Waals surface area contributed by atoms with Gasteiger partial charge in [-0.2, -0.15) is 0 Å². The Labute approximate surface area is 168 Å². The van der Waals surface area contributed by atoms with Gasteiger partial charge in [-0.25, -0.2) is 9.37 Å². The number of nitrogens with two attached hydrogens (primary N) is 1. The van der Waals surface area contributed by atoms with E-state index in [0.717, 1.165) is 5.56 Å². The van der Waals surface area contributed by atoms with E-state index in [1.54, 1.807) is 30.5 Å². The van der Waals surface area contributed by atoms with Gasteiger partial charge < -0.3 is 16.4 Å². The minimum Gasteiger partial charge on any atom is -0.344 e. The van der Waals surface area contributed by atoms with Crippen LogP contribution in [0.25, 0.3) is 0 Å². The first kappa shape index (κ1) is 22.8. The van der Waals surface area contributed by atoms with Gasteiger partial charge in [-0.3, -0.25) is 9.59 Å². The Kier molecular flexibility index (Phi) is 8.62. The van der Waals surface area contributed by atoms with Crippen LogP contribution in [0.2, 0.25) is 0 Å². The molecule has 0 radical (unpaired) electrons. The summed E-state index contributed by atoms with van der Waals surface area (Å²) in [5, 5.41) is 5.36. The molecule has 146 valence electrons. The highest BCUT2D eigenvalue weighted by Gasteiger charge is 2.28. The number of nitrogens with zero attached hydrogens (tertiary/aromatic N) is 1. The summed E-state index contributed by atoms with van der Waals surface area (Å²) in [6, 6.07) is 8.77. The number of nitrogens with one attached hydrogen (secondary N) is 2. The van der Waals surface area contributed by atoms with E-state index in [1.807, 2.05) is 6.07 Å². The third-order valence-electron chi connectivity index (χ3n) is 4.10. The average Bonchev–Trinajstić information content (AvgIpc) is 2.57. The van der Waals surface area contributed by atoms with Crippen molar-refractivity contribution in [3.05, 3.63) is 59.5 Å². The number of fused-ring (bicyclic) bond motifs is 1. The Morgan fingerprint density at radius 1 is 1.30 bits per heavy atom. The van der Waals surface area contributed by atoms with Crippen molar-refractivity contribution in [2.45, 2.75) is 31.3 Å². The van der Waals surface area contributed by atoms with Crippen molar-refractivity contribution in [1.82, 2.24) is 10.3 Å². The summed E-state index contributed by atoms with van der Waals surface area (Å²) in [6.07, 6.45) is 2.24. The summed E-state index contributed by atoms with van der Waals surface area (Å²) < 4.78 is 13.6. The number of hydrogen-bond donors (Lipinski definition) is 3. The molecule has 1 unspecified atom stereocenters. The first-order valence-electron chi connectivity index (χ1n) is 8.06. The first-order chi connectivity index (χ1) is 12.0. The lowest BCUT2D eigenvalue weighted by Crippen LogP contribution is -2.49. The van der Waals surface area contributed by atoms with Crippen molar-refractivity contribution >= 4 is 42.4 Å². The number of rotatable bonds is 5. The van der Waals surface area contributed by atoms with Gasteiger partial charge >= 0.3 is 0 Å². The van der Waals surface area contributed by atoms with E-state index < -0.39 is 12.1 Å². The van der Waals surface area contributed by atoms with Gasteiger partial charge in [0.2, 0.25) is 11.8 Å². The zero-order chi connectivity index (χ0) is 17.8. The van der Waals surface area contributed by atoms with Gasteiger partial charge in [0.15, 0.2) is 0 Å². The number of amides is 2. The van der Waals surface area contributed by atoms with Gasteiger partial charge in [-0.1, -0.05) is 24.3 Å². The van der Waals surface area contributed by atoms with Gasteiger partial charge in [-0.15, -0.1) is 24.8 Å². The average molecular weight is 415 g/mol. The van der Waals surface area contributed by atoms with Crippen LogP contribution in [-0.4, -0.2) is 28.9 Å². The lowest BCUT2D eigenvalue weighted by molar-refractivity contribution is -0.126. The Bertz CT molecular complexity index is 806. The van der Waals surface area contributed by atoms with Crippen molar-refractivity contribution in [3.63, 3.8) is 0 Å². The van der Waals surface area contributed by atoms with E-state index in [9.17, 15) is 14.0 Å². The van der Waals surface area contributed by atoms with Gasteiger partial charge in [0.1, 0.15) is 17.7 Å². The molecule has 2 heterocycles. The van der Waals surface area contributed by atoms with Crippen LogP contribution in [0.3, 0.4) is 0 Å². The second kappa shape index (κ2) is 10.2. The molecule has 2 atom stereocenters. The molecule has 0 saturated heterocycles. The number of carbonyl (C=O) groups is 2. The van der Waals surface area contributed by atoms with Crippen molar-refractivity contribution in [2.75, 3.05) is 5.32 Å². The first-order valence-corrected chi connectivity index (χ1v) is 8.06. The molecule has 0 fully saturated rings. The normalized spacial score (nSPS) is 16.1. The van der Waals surface area contributed by atoms with E-state index in [0.29, 0.717) is 17.8 Å². The monoisotopic (exact) mass is 414 g/mol. The van der Waals surface area contributed by atoms with Crippen LogP contribution >= 0.6 is 24.8 Å². The molecule has 2 amide bonds. The van der Waals surface area contributed by atoms with Crippen LogP contribution in [0.15, 0.2) is 42.6 Å². The molecule has 9 heteroatoms. The Morgan fingerprint density at radius 2 is 2.04 bits per heavy atom. The fourth-order valence-electron chi connectivity index (χ4n) is 2.86. The SMILES string of the molecule is Cl.Cl.N[C@@H](CC(=O)NC1Cc2cccnc2NC1=O)Cc1ccccc1F. The van der Waals surface area contributed by atoms with Gasteiger partial charge in [0, 0.05) is 25.1 Å². The van der Waals surface area contributed by atoms with E-state index in [2.05, 4.69) is 15.6 Å². The molecular weight excluding hydrogens is 394 g/mol. The molecule has 0 spiro atoms. The van der Waals surface area contributed by atoms with E-state index in [-0.39, 0.29) is 55.3 Å². The van der Waals surface area contributed by atoms with E-state index in [1.165, 1.54) is 6.07 Å². The number of carbonyl (C=O) groups excluding carboxylic acids is 2. The molecule has 0 aliphatic carbocycles. The van der Waals surface area contributed by atoms with Crippen molar-refractivity contribution in [1.29, 1.82) is 0 Å². The highest BCUT2D eigenvalue weighted by molar-refractivity contribution is 5.99. The number of aromatic nitrogens is 1. The molecule has 1 aliphatic heterocycles. The highest BCUT2D eigenvalue weighted by Crippen LogP contribution is 2.19. The molecule has 1 aromatic carbocycles. The fourth-order valence-corrected chi connectivity index (χ4v) is 2.86. The third-order valence-corrected chi connectivity index (χ3v) is 4.10. The Hall–Kier alpha value is -2.22. The van der Waals surface area contributed by atoms with Gasteiger partial charge in [0.05, 0.1) is 0 Å². The molecule has 1 aromatic heterocycles. The number of hydrogen-bond acceptors (Lipinski definition) is 4. The summed E-state index contributed by atoms with van der Waals surface area (Å²) in [7, 11) is 0. The number of anilines is 1. The van der Waals surface area contributed by atoms with Crippen LogP contribution in [0.1, 0.15) is 17.5 Å². The van der Waals surface area contributed by atoms with Crippen molar-refractivity contribution in [2.24, 2.45) is 5.73 Å². The van der Waals surface area contributed by atoms with Crippen LogP contribution in [0.5, 0.6) is 0 Å². The lowest BCUT2D eigenvalue weighted by atomic mass is 10.0. The van der Waals surface area contributed by atoms with Gasteiger partial charge in [-0.05, 0) is 29.7 Å². The Balaban J connectivity index is 0.00000182. The quantitative estimate of drug-likeness (QED) is 0.696. The third kappa shape index (κ3) is 5.89. The van der Waals surface area contributed by atoms with Crippen LogP contribution < -0.4 is 16.4 Å². The molecule has 27 heavy (non-hydrogen) atoms. The number of pyridine rings is 1. The molecule has 0 bridgehead atoms. The van der Waals surface area contributed by atoms with E-state index >= 15 is 0 Å². The molecule has 6 nitrogen and oxygen atoms in total. The summed E-state index contributed by atoms with van der Waals surface area (Å²) >= 11 is 0. The van der Waals surface area contributed by atoms with Crippen LogP contribution in [-0.2, 0) is 22.4 Å². The largest absolute Gasteiger partial charge is 0.344 e. The maximum Gasteiger partial charge on any atom is 0.248 e. The van der Waals surface area contributed by atoms with E-state index in [4.69, 9.17) is 5.73 Å². The minimum absolute atomic E-state index is 0. The van der Waals surface area contributed by atoms with Crippen LogP contribution in [0.4, 0.5) is 10.2 Å². The predicted octanol–water partition coefficient (Wildman–Crippen LogP) is 2.00. The molecule has 2 aromatic rings. The van der Waals surface area contributed by atoms with Crippen molar-refractivity contribution < 1.29 is 14.0 Å². The number of halogens is 3. The van der Waals surface area contributed by atoms with Crippen LogP contribution in [0, 0.1) is 5.82 Å². The highest BCUT2D eigenvalue weighted by atomic mass is 35.5. The zero-order valence-electron chi connectivity index (χ0n) is 14.4. The smallest absolute Gasteiger partial charge is 0.248 e. The lowest BCUT2D eigenvalue weighted by Gasteiger charge is -2.25. The number of benzene rings is 1. The summed E-state index contributed by atoms with van der Waals surface area (Å²) in [5.41, 5.74) is 7.29. The maximum atomic E-state index is 13.6. The topological polar surface area (TPSA) is 97.1 Å². The fraction of sp³-hybridized carbons (Fsp3) is 0.278. The molecule has 3 rings (SSSR count). The molecule has 4 N–H and O–H groups in total. The van der Waals surface area contributed by atoms with Crippen molar-refractivity contribution in [3.8, 4) is 0 Å². The molecule has 1 aliphatic rings. The summed E-state index contributed by atoms with van der Waals surface area (Å²) in [6.45, 7) is 0. The predicted molar refractivity (Wildman–Crippen MR) is 106 cm³/mol. The summed E-state index contributed by atoms with van der Waals surface area (Å²) in [4.78, 5) is 28.3. The molecule has 0 saturated carbocycles. The van der Waals surface area contributed by atoms with Gasteiger partial charge in [0.25, 0.3) is 0 Å². The minimum atomic E-state index is -0.662. The second-order valence-electron chi connectivity index (χ2n) is 6.08. The Morgan fingerprint density at radius 3 is 2.78 bits per heavy atom. The summed E-state index contributed by atoms with van der Waals surface area (Å²) in [5.74, 6) is -0.457. The standard InChI is InChI=1S/C18H19FN4O2.2ClH/c19-14-6-2-1-4-11(14)8-13(20)10-16(24)22-15-9-12-5-3-7-21-17(12)23-18(15)25;;/h1-7,13,15H,8-10,20H2,(H,22,24)(H,21,23,25);2*1H/t13-,15?;;/m1../s1. The second-order valence-corrected chi connectivity index (χ2v) is 6.08. The maximum absolute atomic E-state index is 13.6. The molecular formula is C18H21Cl2FN4O2.